The highest BCUT2D eigenvalue weighted by molar-refractivity contribution is 5.91. The van der Waals surface area contributed by atoms with Gasteiger partial charge in [-0.3, -0.25) is 0 Å². The van der Waals surface area contributed by atoms with Gasteiger partial charge in [0.2, 0.25) is 0 Å². The van der Waals surface area contributed by atoms with Gasteiger partial charge in [-0.15, -0.1) is 0 Å². The molecular formula is C32H35F3O3. The van der Waals surface area contributed by atoms with Crippen LogP contribution in [-0.2, 0) is 0 Å². The van der Waals surface area contributed by atoms with Crippen LogP contribution in [0.15, 0.2) is 54.6 Å². The summed E-state index contributed by atoms with van der Waals surface area (Å²) in [5.41, 5.74) is 1.27. The zero-order valence-corrected chi connectivity index (χ0v) is 22.1. The minimum atomic E-state index is -0.868. The van der Waals surface area contributed by atoms with Crippen molar-refractivity contribution in [2.45, 2.75) is 71.1 Å². The van der Waals surface area contributed by atoms with E-state index in [9.17, 15) is 9.18 Å². The van der Waals surface area contributed by atoms with Gasteiger partial charge < -0.3 is 9.47 Å². The van der Waals surface area contributed by atoms with Gasteiger partial charge in [0.1, 0.15) is 5.75 Å². The van der Waals surface area contributed by atoms with Crippen LogP contribution < -0.4 is 9.47 Å². The molecule has 0 aromatic heterocycles. The van der Waals surface area contributed by atoms with Crippen LogP contribution in [0.3, 0.4) is 0 Å². The molecule has 0 unspecified atom stereocenters. The summed E-state index contributed by atoms with van der Waals surface area (Å²) < 4.78 is 54.7. The van der Waals surface area contributed by atoms with Gasteiger partial charge >= 0.3 is 5.97 Å². The van der Waals surface area contributed by atoms with E-state index >= 15 is 8.78 Å². The maximum Gasteiger partial charge on any atom is 0.343 e. The van der Waals surface area contributed by atoms with E-state index in [1.165, 1.54) is 49.9 Å². The first-order valence-corrected chi connectivity index (χ1v) is 13.6. The number of hydrogen-bond donors (Lipinski definition) is 0. The molecule has 0 saturated heterocycles. The molecule has 1 aliphatic rings. The molecule has 1 aliphatic carbocycles. The highest BCUT2D eigenvalue weighted by Crippen LogP contribution is 2.40. The standard InChI is InChI=1S/C32H35F3O3/c1-3-5-6-7-21-8-10-22(11-9-21)26-17-18-27(31(35)30(26)34)23-12-14-24(15-13-23)32(36)38-25-16-19-29(37-4-2)28(33)20-25/h12-22H,3-11H2,1-2H3. The van der Waals surface area contributed by atoms with Crippen molar-refractivity contribution in [3.63, 3.8) is 0 Å². The topological polar surface area (TPSA) is 35.5 Å². The van der Waals surface area contributed by atoms with E-state index in [2.05, 4.69) is 6.92 Å². The molecule has 3 nitrogen and oxygen atoms in total. The van der Waals surface area contributed by atoms with Crippen molar-refractivity contribution < 1.29 is 27.4 Å². The Labute approximate surface area is 223 Å². The van der Waals surface area contributed by atoms with Gasteiger partial charge in [-0.05, 0) is 79.8 Å². The van der Waals surface area contributed by atoms with E-state index < -0.39 is 23.4 Å². The molecule has 0 atom stereocenters. The molecule has 1 saturated carbocycles. The third kappa shape index (κ3) is 6.58. The lowest BCUT2D eigenvalue weighted by Crippen LogP contribution is -2.15. The SMILES string of the molecule is CCCCCC1CCC(c2ccc(-c3ccc(C(=O)Oc4ccc(OCC)c(F)c4)cc3)c(F)c2F)CC1. The molecular weight excluding hydrogens is 489 g/mol. The van der Waals surface area contributed by atoms with Gasteiger partial charge in [0.05, 0.1) is 12.2 Å². The molecule has 4 rings (SSSR count). The highest BCUT2D eigenvalue weighted by Gasteiger charge is 2.26. The van der Waals surface area contributed by atoms with Crippen LogP contribution in [0.1, 0.15) is 87.1 Å². The molecule has 6 heteroatoms. The number of carbonyl (C=O) groups is 1. The van der Waals surface area contributed by atoms with Gasteiger partial charge in [0.15, 0.2) is 23.2 Å². The van der Waals surface area contributed by atoms with Crippen LogP contribution >= 0.6 is 0 Å². The van der Waals surface area contributed by atoms with Crippen molar-refractivity contribution in [2.75, 3.05) is 6.61 Å². The number of unbranched alkanes of at least 4 members (excludes halogenated alkanes) is 2. The molecule has 0 amide bonds. The second kappa shape index (κ2) is 13.0. The Bertz CT molecular complexity index is 1230. The molecule has 0 radical (unpaired) electrons. The molecule has 3 aromatic carbocycles. The fraction of sp³-hybridized carbons (Fsp3) is 0.406. The Morgan fingerprint density at radius 3 is 2.26 bits per heavy atom. The van der Waals surface area contributed by atoms with Gasteiger partial charge in [-0.1, -0.05) is 56.9 Å². The van der Waals surface area contributed by atoms with Crippen molar-refractivity contribution in [1.82, 2.24) is 0 Å². The van der Waals surface area contributed by atoms with E-state index in [0.29, 0.717) is 23.7 Å². The van der Waals surface area contributed by atoms with Gasteiger partial charge in [-0.2, -0.15) is 0 Å². The fourth-order valence-corrected chi connectivity index (χ4v) is 5.32. The number of esters is 1. The smallest absolute Gasteiger partial charge is 0.343 e. The van der Waals surface area contributed by atoms with Crippen LogP contribution in [0.4, 0.5) is 13.2 Å². The van der Waals surface area contributed by atoms with Crippen LogP contribution in [0.25, 0.3) is 11.1 Å². The third-order valence-corrected chi connectivity index (χ3v) is 7.46. The normalized spacial score (nSPS) is 17.3. The largest absolute Gasteiger partial charge is 0.491 e. The Balaban J connectivity index is 1.41. The number of rotatable bonds is 10. The minimum absolute atomic E-state index is 0.0405. The second-order valence-electron chi connectivity index (χ2n) is 10.0. The first kappa shape index (κ1) is 27.7. The van der Waals surface area contributed by atoms with Crippen molar-refractivity contribution in [2.24, 2.45) is 5.92 Å². The Morgan fingerprint density at radius 2 is 1.61 bits per heavy atom. The highest BCUT2D eigenvalue weighted by atomic mass is 19.2. The monoisotopic (exact) mass is 524 g/mol. The van der Waals surface area contributed by atoms with Crippen LogP contribution in [0.2, 0.25) is 0 Å². The van der Waals surface area contributed by atoms with E-state index in [-0.39, 0.29) is 28.5 Å². The van der Waals surface area contributed by atoms with Crippen molar-refractivity contribution in [3.05, 3.63) is 83.2 Å². The second-order valence-corrected chi connectivity index (χ2v) is 10.0. The third-order valence-electron chi connectivity index (χ3n) is 7.46. The maximum absolute atomic E-state index is 15.1. The molecule has 0 aliphatic heterocycles. The summed E-state index contributed by atoms with van der Waals surface area (Å²) in [6.45, 7) is 4.26. The average Bonchev–Trinajstić information content (AvgIpc) is 2.92. The average molecular weight is 525 g/mol. The van der Waals surface area contributed by atoms with E-state index in [4.69, 9.17) is 9.47 Å². The zero-order chi connectivity index (χ0) is 27.1. The Morgan fingerprint density at radius 1 is 0.868 bits per heavy atom. The first-order valence-electron chi connectivity index (χ1n) is 13.6. The number of carbonyl (C=O) groups excluding carboxylic acids is 1. The van der Waals surface area contributed by atoms with Crippen LogP contribution in [-0.4, -0.2) is 12.6 Å². The lowest BCUT2D eigenvalue weighted by molar-refractivity contribution is 0.0734. The van der Waals surface area contributed by atoms with Gasteiger partial charge in [0.25, 0.3) is 0 Å². The number of ether oxygens (including phenoxy) is 2. The lowest BCUT2D eigenvalue weighted by atomic mass is 9.76. The summed E-state index contributed by atoms with van der Waals surface area (Å²) in [4.78, 5) is 12.5. The molecule has 202 valence electrons. The fourth-order valence-electron chi connectivity index (χ4n) is 5.32. The molecule has 1 fully saturated rings. The quantitative estimate of drug-likeness (QED) is 0.151. The molecule has 3 aromatic rings. The molecule has 0 N–H and O–H groups in total. The summed E-state index contributed by atoms with van der Waals surface area (Å²) in [6, 6.07) is 13.3. The predicted molar refractivity (Wildman–Crippen MR) is 143 cm³/mol. The maximum atomic E-state index is 15.1. The number of hydrogen-bond acceptors (Lipinski definition) is 3. The van der Waals surface area contributed by atoms with Gasteiger partial charge in [0, 0.05) is 11.6 Å². The van der Waals surface area contributed by atoms with Gasteiger partial charge in [-0.25, -0.2) is 18.0 Å². The summed E-state index contributed by atoms with van der Waals surface area (Å²) in [7, 11) is 0. The van der Waals surface area contributed by atoms with E-state index in [1.54, 1.807) is 31.2 Å². The minimum Gasteiger partial charge on any atom is -0.491 e. The lowest BCUT2D eigenvalue weighted by Gasteiger charge is -2.29. The summed E-state index contributed by atoms with van der Waals surface area (Å²) >= 11 is 0. The summed E-state index contributed by atoms with van der Waals surface area (Å²) in [5, 5.41) is 0. The Hall–Kier alpha value is -3.28. The van der Waals surface area contributed by atoms with Crippen LogP contribution in [0, 0.1) is 23.4 Å². The Kier molecular flexibility index (Phi) is 9.48. The number of benzene rings is 3. The summed E-state index contributed by atoms with van der Waals surface area (Å²) in [5.74, 6) is -2.11. The molecule has 0 heterocycles. The predicted octanol–water partition coefficient (Wildman–Crippen LogP) is 9.24. The van der Waals surface area contributed by atoms with E-state index in [0.717, 1.165) is 31.7 Å². The first-order chi connectivity index (χ1) is 18.4. The van der Waals surface area contributed by atoms with E-state index in [1.807, 2.05) is 0 Å². The van der Waals surface area contributed by atoms with Crippen molar-refractivity contribution in [1.29, 1.82) is 0 Å². The van der Waals surface area contributed by atoms with Crippen molar-refractivity contribution in [3.8, 4) is 22.6 Å². The molecule has 0 spiro atoms. The van der Waals surface area contributed by atoms with Crippen LogP contribution in [0.5, 0.6) is 11.5 Å². The molecule has 38 heavy (non-hydrogen) atoms. The van der Waals surface area contributed by atoms with Crippen molar-refractivity contribution >= 4 is 5.97 Å². The summed E-state index contributed by atoms with van der Waals surface area (Å²) in [6.07, 6.45) is 8.87. The molecule has 0 bridgehead atoms. The zero-order valence-electron chi connectivity index (χ0n) is 22.1. The number of halogens is 3.